The van der Waals surface area contributed by atoms with Gasteiger partial charge in [-0.1, -0.05) is 49.2 Å². The van der Waals surface area contributed by atoms with Crippen LogP contribution < -0.4 is 9.61 Å². The summed E-state index contributed by atoms with van der Waals surface area (Å²) in [7, 11) is -3.09. The van der Waals surface area contributed by atoms with Gasteiger partial charge in [-0.2, -0.15) is 0 Å². The van der Waals surface area contributed by atoms with E-state index in [1.165, 1.54) is 12.2 Å². The van der Waals surface area contributed by atoms with Crippen LogP contribution in [0.15, 0.2) is 42.5 Å². The first-order valence-electron chi connectivity index (χ1n) is 6.87. The second-order valence-corrected chi connectivity index (χ2v) is 8.34. The molecule has 0 saturated carbocycles. The fraction of sp³-hybridized carbons (Fsp3) is 0.250. The number of anilines is 1. The molecular formula is C16H18Cl2NO2P. The average molecular weight is 358 g/mol. The van der Waals surface area contributed by atoms with Crippen molar-refractivity contribution in [2.24, 2.45) is 0 Å². The minimum atomic E-state index is -3.09. The summed E-state index contributed by atoms with van der Waals surface area (Å²) in [6.07, 6.45) is 0. The third-order valence-corrected chi connectivity index (χ3v) is 4.84. The molecule has 0 bridgehead atoms. The maximum absolute atomic E-state index is 12.6. The van der Waals surface area contributed by atoms with Gasteiger partial charge in [0.15, 0.2) is 0 Å². The summed E-state index contributed by atoms with van der Waals surface area (Å²) in [4.78, 5) is 0. The van der Waals surface area contributed by atoms with Crippen LogP contribution in [0.2, 0.25) is 10.0 Å². The molecule has 0 spiro atoms. The van der Waals surface area contributed by atoms with Crippen LogP contribution in [0, 0.1) is 0 Å². The van der Waals surface area contributed by atoms with Crippen molar-refractivity contribution in [2.75, 3.05) is 11.8 Å². The Morgan fingerprint density at radius 3 is 2.27 bits per heavy atom. The van der Waals surface area contributed by atoms with Crippen LogP contribution in [-0.4, -0.2) is 6.66 Å². The predicted molar refractivity (Wildman–Crippen MR) is 94.8 cm³/mol. The van der Waals surface area contributed by atoms with Crippen LogP contribution in [0.5, 0.6) is 5.75 Å². The average Bonchev–Trinajstić information content (AvgIpc) is 2.42. The van der Waals surface area contributed by atoms with E-state index >= 15 is 0 Å². The van der Waals surface area contributed by atoms with E-state index in [2.05, 4.69) is 18.9 Å². The summed E-state index contributed by atoms with van der Waals surface area (Å²) in [6, 6.07) is 12.5. The van der Waals surface area contributed by atoms with Crippen molar-refractivity contribution >= 4 is 36.4 Å². The Bertz CT molecular complexity index is 702. The van der Waals surface area contributed by atoms with E-state index in [9.17, 15) is 4.57 Å². The van der Waals surface area contributed by atoms with Gasteiger partial charge in [0.1, 0.15) is 5.75 Å². The maximum Gasteiger partial charge on any atom is 0.338 e. The first kappa shape index (κ1) is 17.2. The Balaban J connectivity index is 2.11. The van der Waals surface area contributed by atoms with E-state index in [0.717, 1.165) is 0 Å². The monoisotopic (exact) mass is 357 g/mol. The molecule has 0 aliphatic heterocycles. The van der Waals surface area contributed by atoms with Crippen molar-refractivity contribution in [1.82, 2.24) is 0 Å². The Labute approximate surface area is 141 Å². The molecule has 2 aromatic carbocycles. The molecule has 0 heterocycles. The predicted octanol–water partition coefficient (Wildman–Crippen LogP) is 6.43. The molecule has 0 radical (unpaired) electrons. The zero-order valence-electron chi connectivity index (χ0n) is 12.6. The minimum Gasteiger partial charge on any atom is -0.429 e. The highest BCUT2D eigenvalue weighted by atomic mass is 35.5. The van der Waals surface area contributed by atoms with Crippen LogP contribution in [0.1, 0.15) is 25.3 Å². The van der Waals surface area contributed by atoms with Crippen LogP contribution in [0.25, 0.3) is 0 Å². The number of hydrogen-bond donors (Lipinski definition) is 1. The van der Waals surface area contributed by atoms with Crippen molar-refractivity contribution in [2.45, 2.75) is 19.8 Å². The molecule has 118 valence electrons. The van der Waals surface area contributed by atoms with Gasteiger partial charge in [0.2, 0.25) is 0 Å². The molecule has 0 saturated heterocycles. The van der Waals surface area contributed by atoms with Crippen molar-refractivity contribution in [3.63, 3.8) is 0 Å². The largest absolute Gasteiger partial charge is 0.429 e. The topological polar surface area (TPSA) is 38.3 Å². The quantitative estimate of drug-likeness (QED) is 0.626. The number of hydrogen-bond acceptors (Lipinski definition) is 2. The molecular weight excluding hydrogens is 340 g/mol. The molecule has 22 heavy (non-hydrogen) atoms. The van der Waals surface area contributed by atoms with Gasteiger partial charge in [0.25, 0.3) is 0 Å². The summed E-state index contributed by atoms with van der Waals surface area (Å²) in [6.45, 7) is 5.74. The number of nitrogens with one attached hydrogen (secondary N) is 1. The zero-order valence-corrected chi connectivity index (χ0v) is 15.0. The first-order chi connectivity index (χ1) is 10.3. The Morgan fingerprint density at radius 1 is 1.09 bits per heavy atom. The van der Waals surface area contributed by atoms with Crippen molar-refractivity contribution in [3.05, 3.63) is 58.1 Å². The fourth-order valence-electron chi connectivity index (χ4n) is 1.94. The molecule has 2 rings (SSSR count). The smallest absolute Gasteiger partial charge is 0.338 e. The Kier molecular flexibility index (Phi) is 5.44. The fourth-order valence-corrected chi connectivity index (χ4v) is 3.66. The maximum atomic E-state index is 12.6. The van der Waals surface area contributed by atoms with Gasteiger partial charge >= 0.3 is 7.52 Å². The second kappa shape index (κ2) is 6.95. The van der Waals surface area contributed by atoms with Gasteiger partial charge in [0.05, 0.1) is 10.7 Å². The highest BCUT2D eigenvalue weighted by Crippen LogP contribution is 2.45. The van der Waals surface area contributed by atoms with Gasteiger partial charge in [-0.15, -0.1) is 0 Å². The zero-order chi connectivity index (χ0) is 16.3. The summed E-state index contributed by atoms with van der Waals surface area (Å²) in [5.74, 6) is 0.987. The second-order valence-electron chi connectivity index (χ2n) is 5.40. The normalized spacial score (nSPS) is 13.7. The highest BCUT2D eigenvalue weighted by Gasteiger charge is 2.19. The van der Waals surface area contributed by atoms with E-state index in [4.69, 9.17) is 27.7 Å². The van der Waals surface area contributed by atoms with Gasteiger partial charge < -0.3 is 9.61 Å². The first-order valence-corrected chi connectivity index (χ1v) is 9.70. The highest BCUT2D eigenvalue weighted by molar-refractivity contribution is 7.60. The molecule has 1 atom stereocenters. The van der Waals surface area contributed by atoms with Gasteiger partial charge in [-0.3, -0.25) is 4.57 Å². The Hall–Kier alpha value is -1.15. The molecule has 0 fully saturated rings. The van der Waals surface area contributed by atoms with E-state index in [0.29, 0.717) is 27.4 Å². The van der Waals surface area contributed by atoms with Gasteiger partial charge in [-0.05, 0) is 41.8 Å². The SMILES string of the molecule is CC(C)c1ccc(OP(C)(=O)Nc2ccc(Cl)cc2Cl)cc1. The number of rotatable bonds is 5. The van der Waals surface area contributed by atoms with Crippen molar-refractivity contribution < 1.29 is 9.09 Å². The summed E-state index contributed by atoms with van der Waals surface area (Å²) < 4.78 is 18.2. The van der Waals surface area contributed by atoms with E-state index in [1.54, 1.807) is 18.2 Å². The summed E-state index contributed by atoms with van der Waals surface area (Å²) >= 11 is 11.9. The van der Waals surface area contributed by atoms with Crippen molar-refractivity contribution in [3.8, 4) is 5.75 Å². The molecule has 0 amide bonds. The Morgan fingerprint density at radius 2 is 1.73 bits per heavy atom. The van der Waals surface area contributed by atoms with Crippen molar-refractivity contribution in [1.29, 1.82) is 0 Å². The van der Waals surface area contributed by atoms with E-state index in [-0.39, 0.29) is 0 Å². The van der Waals surface area contributed by atoms with Crippen LogP contribution in [-0.2, 0) is 4.57 Å². The van der Waals surface area contributed by atoms with Gasteiger partial charge in [-0.25, -0.2) is 0 Å². The molecule has 0 aromatic heterocycles. The molecule has 2 aromatic rings. The molecule has 0 aliphatic rings. The van der Waals surface area contributed by atoms with Crippen LogP contribution in [0.4, 0.5) is 5.69 Å². The summed E-state index contributed by atoms with van der Waals surface area (Å²) in [5.41, 5.74) is 1.72. The standard InChI is InChI=1S/C16H18Cl2NO2P/c1-11(2)12-4-7-14(8-5-12)21-22(3,20)19-16-9-6-13(17)10-15(16)18/h4-11H,1-3H3,(H,19,20). The lowest BCUT2D eigenvalue weighted by Gasteiger charge is -2.18. The van der Waals surface area contributed by atoms with Crippen LogP contribution >= 0.6 is 30.7 Å². The minimum absolute atomic E-state index is 0.397. The third-order valence-electron chi connectivity index (χ3n) is 3.08. The van der Waals surface area contributed by atoms with E-state index < -0.39 is 7.52 Å². The number of benzene rings is 2. The molecule has 6 heteroatoms. The number of halogens is 2. The lowest BCUT2D eigenvalue weighted by Crippen LogP contribution is -2.02. The van der Waals surface area contributed by atoms with Gasteiger partial charge in [0, 0.05) is 11.7 Å². The van der Waals surface area contributed by atoms with Crippen LogP contribution in [0.3, 0.4) is 0 Å². The molecule has 0 aliphatic carbocycles. The third kappa shape index (κ3) is 4.67. The lowest BCUT2D eigenvalue weighted by molar-refractivity contribution is 0.493. The molecule has 1 N–H and O–H groups in total. The molecule has 3 nitrogen and oxygen atoms in total. The van der Waals surface area contributed by atoms with E-state index in [1.807, 2.05) is 24.3 Å². The molecule has 1 unspecified atom stereocenters. The lowest BCUT2D eigenvalue weighted by atomic mass is 10.0. The summed E-state index contributed by atoms with van der Waals surface area (Å²) in [5, 5.41) is 3.76.